The highest BCUT2D eigenvalue weighted by Gasteiger charge is 2.18. The van der Waals surface area contributed by atoms with Gasteiger partial charge in [-0.15, -0.1) is 11.6 Å². The number of unbranched alkanes of at least 4 members (excludes halogenated alkanes) is 2. The molecule has 1 aliphatic heterocycles. The highest BCUT2D eigenvalue weighted by Crippen LogP contribution is 2.31. The molecule has 2 nitrogen and oxygen atoms in total. The van der Waals surface area contributed by atoms with E-state index in [0.717, 1.165) is 31.9 Å². The Labute approximate surface area is 109 Å². The van der Waals surface area contributed by atoms with Gasteiger partial charge < -0.3 is 9.80 Å². The monoisotopic (exact) mass is 252 g/mol. The van der Waals surface area contributed by atoms with Gasteiger partial charge >= 0.3 is 0 Å². The van der Waals surface area contributed by atoms with Gasteiger partial charge in [0, 0.05) is 32.6 Å². The molecule has 3 heteroatoms. The van der Waals surface area contributed by atoms with Crippen molar-refractivity contribution < 1.29 is 0 Å². The average molecular weight is 253 g/mol. The van der Waals surface area contributed by atoms with E-state index in [-0.39, 0.29) is 0 Å². The van der Waals surface area contributed by atoms with Crippen molar-refractivity contribution in [3.8, 4) is 0 Å². The smallest absolute Gasteiger partial charge is 0.0604 e. The van der Waals surface area contributed by atoms with E-state index >= 15 is 0 Å². The maximum atomic E-state index is 5.70. The lowest BCUT2D eigenvalue weighted by molar-refractivity contribution is 0.660. The van der Waals surface area contributed by atoms with Crippen LogP contribution in [-0.2, 0) is 0 Å². The minimum atomic E-state index is 0.791. The van der Waals surface area contributed by atoms with E-state index in [1.807, 2.05) is 0 Å². The van der Waals surface area contributed by atoms with Crippen LogP contribution >= 0.6 is 11.6 Å². The fraction of sp³-hybridized carbons (Fsp3) is 0.571. The van der Waals surface area contributed by atoms with Crippen molar-refractivity contribution in [2.45, 2.75) is 19.3 Å². The number of hydrogen-bond donors (Lipinski definition) is 0. The Morgan fingerprint density at radius 2 is 1.82 bits per heavy atom. The summed E-state index contributed by atoms with van der Waals surface area (Å²) in [5.41, 5.74) is 2.74. The van der Waals surface area contributed by atoms with Crippen LogP contribution in [0.15, 0.2) is 24.3 Å². The molecule has 1 aliphatic rings. The van der Waals surface area contributed by atoms with Crippen molar-refractivity contribution in [3.63, 3.8) is 0 Å². The molecular formula is C14H21ClN2. The molecule has 0 bridgehead atoms. The van der Waals surface area contributed by atoms with Gasteiger partial charge in [-0.1, -0.05) is 18.6 Å². The standard InChI is InChI=1S/C14H21ClN2/c1-16-11-12-17(10-6-2-5-9-15)14-8-4-3-7-13(14)16/h3-4,7-8H,2,5-6,9-12H2,1H3. The van der Waals surface area contributed by atoms with Gasteiger partial charge in [-0.05, 0) is 25.0 Å². The van der Waals surface area contributed by atoms with Crippen molar-refractivity contribution in [2.24, 2.45) is 0 Å². The fourth-order valence-corrected chi connectivity index (χ4v) is 2.56. The summed E-state index contributed by atoms with van der Waals surface area (Å²) in [5, 5.41) is 0. The summed E-state index contributed by atoms with van der Waals surface area (Å²) in [5.74, 6) is 0.791. The third kappa shape index (κ3) is 3.06. The Kier molecular flexibility index (Phi) is 4.55. The lowest BCUT2D eigenvalue weighted by Gasteiger charge is -2.37. The highest BCUT2D eigenvalue weighted by atomic mass is 35.5. The van der Waals surface area contributed by atoms with Gasteiger partial charge in [0.25, 0.3) is 0 Å². The summed E-state index contributed by atoms with van der Waals surface area (Å²) in [7, 11) is 2.17. The molecule has 0 unspecified atom stereocenters. The van der Waals surface area contributed by atoms with Gasteiger partial charge in [-0.2, -0.15) is 0 Å². The molecule has 0 N–H and O–H groups in total. The molecule has 1 heterocycles. The van der Waals surface area contributed by atoms with E-state index in [1.54, 1.807) is 0 Å². The number of hydrogen-bond acceptors (Lipinski definition) is 2. The minimum Gasteiger partial charge on any atom is -0.371 e. The Hall–Kier alpha value is -0.890. The Morgan fingerprint density at radius 3 is 2.59 bits per heavy atom. The van der Waals surface area contributed by atoms with Gasteiger partial charge in [-0.25, -0.2) is 0 Å². The predicted octanol–water partition coefficient (Wildman–Crippen LogP) is 3.35. The van der Waals surface area contributed by atoms with Crippen LogP contribution in [0.5, 0.6) is 0 Å². The molecule has 0 radical (unpaired) electrons. The fourth-order valence-electron chi connectivity index (χ4n) is 2.37. The van der Waals surface area contributed by atoms with Crippen LogP contribution in [0.2, 0.25) is 0 Å². The van der Waals surface area contributed by atoms with Crippen LogP contribution in [0.3, 0.4) is 0 Å². The topological polar surface area (TPSA) is 6.48 Å². The molecule has 2 rings (SSSR count). The molecule has 1 aromatic carbocycles. The third-order valence-corrected chi connectivity index (χ3v) is 3.67. The lowest BCUT2D eigenvalue weighted by atomic mass is 10.1. The number of halogens is 1. The van der Waals surface area contributed by atoms with Crippen LogP contribution < -0.4 is 9.80 Å². The third-order valence-electron chi connectivity index (χ3n) is 3.40. The van der Waals surface area contributed by atoms with E-state index in [1.165, 1.54) is 24.2 Å². The molecular weight excluding hydrogens is 232 g/mol. The molecule has 0 atom stereocenters. The van der Waals surface area contributed by atoms with E-state index in [2.05, 4.69) is 41.1 Å². The second kappa shape index (κ2) is 6.15. The maximum absolute atomic E-state index is 5.70. The Balaban J connectivity index is 1.98. The predicted molar refractivity (Wildman–Crippen MR) is 76.5 cm³/mol. The first-order valence-corrected chi connectivity index (χ1v) is 6.97. The normalized spacial score (nSPS) is 14.9. The van der Waals surface area contributed by atoms with Crippen LogP contribution in [-0.4, -0.2) is 32.6 Å². The molecule has 0 aromatic heterocycles. The van der Waals surface area contributed by atoms with Gasteiger partial charge in [-0.3, -0.25) is 0 Å². The average Bonchev–Trinajstić information content (AvgIpc) is 2.37. The molecule has 0 saturated heterocycles. The molecule has 0 saturated carbocycles. The first-order valence-electron chi connectivity index (χ1n) is 6.44. The molecule has 94 valence electrons. The Bertz CT molecular complexity index is 354. The number of alkyl halides is 1. The quantitative estimate of drug-likeness (QED) is 0.586. The number of fused-ring (bicyclic) bond motifs is 1. The molecule has 0 amide bonds. The Morgan fingerprint density at radius 1 is 1.06 bits per heavy atom. The summed E-state index contributed by atoms with van der Waals surface area (Å²) < 4.78 is 0. The number of nitrogens with zero attached hydrogens (tertiary/aromatic N) is 2. The first kappa shape index (κ1) is 12.6. The zero-order valence-electron chi connectivity index (χ0n) is 10.5. The molecule has 1 aromatic rings. The molecule has 0 spiro atoms. The molecule has 17 heavy (non-hydrogen) atoms. The van der Waals surface area contributed by atoms with Crippen molar-refractivity contribution in [3.05, 3.63) is 24.3 Å². The summed E-state index contributed by atoms with van der Waals surface area (Å²) in [6.07, 6.45) is 3.61. The van der Waals surface area contributed by atoms with E-state index in [0.29, 0.717) is 0 Å². The number of anilines is 2. The van der Waals surface area contributed by atoms with Crippen LogP contribution in [0, 0.1) is 0 Å². The number of para-hydroxylation sites is 2. The zero-order valence-corrected chi connectivity index (χ0v) is 11.3. The first-order chi connectivity index (χ1) is 8.33. The van der Waals surface area contributed by atoms with E-state index in [9.17, 15) is 0 Å². The second-order valence-electron chi connectivity index (χ2n) is 4.65. The van der Waals surface area contributed by atoms with E-state index in [4.69, 9.17) is 11.6 Å². The van der Waals surface area contributed by atoms with Crippen molar-refractivity contribution >= 4 is 23.0 Å². The van der Waals surface area contributed by atoms with Crippen molar-refractivity contribution in [1.29, 1.82) is 0 Å². The van der Waals surface area contributed by atoms with Crippen molar-refractivity contribution in [2.75, 3.05) is 42.4 Å². The minimum absolute atomic E-state index is 0.791. The number of rotatable bonds is 5. The van der Waals surface area contributed by atoms with Gasteiger partial charge in [0.1, 0.15) is 0 Å². The van der Waals surface area contributed by atoms with Gasteiger partial charge in [0.2, 0.25) is 0 Å². The number of likely N-dealkylation sites (N-methyl/N-ethyl adjacent to an activating group) is 1. The van der Waals surface area contributed by atoms with E-state index < -0.39 is 0 Å². The zero-order chi connectivity index (χ0) is 12.1. The summed E-state index contributed by atoms with van der Waals surface area (Å²) in [4.78, 5) is 4.84. The van der Waals surface area contributed by atoms with Crippen molar-refractivity contribution in [1.82, 2.24) is 0 Å². The van der Waals surface area contributed by atoms with Crippen LogP contribution in [0.1, 0.15) is 19.3 Å². The summed E-state index contributed by atoms with van der Waals surface area (Å²) in [6.45, 7) is 3.41. The number of benzene rings is 1. The van der Waals surface area contributed by atoms with Crippen LogP contribution in [0.25, 0.3) is 0 Å². The summed E-state index contributed by atoms with van der Waals surface area (Å²) >= 11 is 5.70. The SMILES string of the molecule is CN1CCN(CCCCCCl)c2ccccc21. The second-order valence-corrected chi connectivity index (χ2v) is 5.02. The summed E-state index contributed by atoms with van der Waals surface area (Å²) in [6, 6.07) is 8.68. The maximum Gasteiger partial charge on any atom is 0.0604 e. The molecule has 0 aliphatic carbocycles. The largest absolute Gasteiger partial charge is 0.371 e. The molecule has 0 fully saturated rings. The lowest BCUT2D eigenvalue weighted by Crippen LogP contribution is -2.39. The highest BCUT2D eigenvalue weighted by molar-refractivity contribution is 6.17. The van der Waals surface area contributed by atoms with Gasteiger partial charge in [0.15, 0.2) is 0 Å². The van der Waals surface area contributed by atoms with Gasteiger partial charge in [0.05, 0.1) is 11.4 Å². The van der Waals surface area contributed by atoms with Crippen LogP contribution in [0.4, 0.5) is 11.4 Å².